The summed E-state index contributed by atoms with van der Waals surface area (Å²) < 4.78 is 23.0. The zero-order valence-electron chi connectivity index (χ0n) is 10.2. The standard InChI is InChI=1S/C12H12BrClN2O2S/c1-19(17,18)5-4-15-11-3-2-8-6-9(13)7-10(14)12(8)16-11/h2-3,6-7H,4-5H2,1H3,(H,15,16). The number of rotatable bonds is 4. The van der Waals surface area contributed by atoms with Crippen LogP contribution in [0.3, 0.4) is 0 Å². The third-order valence-electron chi connectivity index (χ3n) is 2.49. The van der Waals surface area contributed by atoms with Crippen LogP contribution in [0, 0.1) is 0 Å². The first-order valence-electron chi connectivity index (χ1n) is 5.52. The largest absolute Gasteiger partial charge is 0.369 e. The molecule has 1 N–H and O–H groups in total. The first kappa shape index (κ1) is 14.6. The van der Waals surface area contributed by atoms with Gasteiger partial charge in [0.15, 0.2) is 0 Å². The zero-order valence-corrected chi connectivity index (χ0v) is 13.3. The Balaban J connectivity index is 2.22. The lowest BCUT2D eigenvalue weighted by Gasteiger charge is -2.07. The molecular formula is C12H12BrClN2O2S. The molecule has 0 amide bonds. The number of nitrogens with one attached hydrogen (secondary N) is 1. The number of benzene rings is 1. The summed E-state index contributed by atoms with van der Waals surface area (Å²) in [6, 6.07) is 7.39. The average Bonchev–Trinajstić information content (AvgIpc) is 2.28. The highest BCUT2D eigenvalue weighted by atomic mass is 79.9. The van der Waals surface area contributed by atoms with Gasteiger partial charge in [-0.2, -0.15) is 0 Å². The average molecular weight is 364 g/mol. The number of pyridine rings is 1. The van der Waals surface area contributed by atoms with E-state index in [1.54, 1.807) is 12.1 Å². The lowest BCUT2D eigenvalue weighted by molar-refractivity contribution is 0.602. The first-order chi connectivity index (χ1) is 8.85. The summed E-state index contributed by atoms with van der Waals surface area (Å²) in [5, 5.41) is 4.45. The van der Waals surface area contributed by atoms with Crippen molar-refractivity contribution in [3.8, 4) is 0 Å². The van der Waals surface area contributed by atoms with Crippen molar-refractivity contribution in [3.63, 3.8) is 0 Å². The molecule has 19 heavy (non-hydrogen) atoms. The fourth-order valence-corrected chi connectivity index (χ4v) is 2.97. The van der Waals surface area contributed by atoms with Crippen molar-refractivity contribution >= 4 is 54.1 Å². The van der Waals surface area contributed by atoms with Crippen molar-refractivity contribution < 1.29 is 8.42 Å². The molecule has 0 aliphatic heterocycles. The number of halogens is 2. The number of fused-ring (bicyclic) bond motifs is 1. The van der Waals surface area contributed by atoms with Crippen LogP contribution in [0.4, 0.5) is 5.82 Å². The van der Waals surface area contributed by atoms with E-state index in [0.29, 0.717) is 22.9 Å². The van der Waals surface area contributed by atoms with E-state index in [2.05, 4.69) is 26.2 Å². The highest BCUT2D eigenvalue weighted by Gasteiger charge is 2.05. The number of nitrogens with zero attached hydrogens (tertiary/aromatic N) is 1. The fraction of sp³-hybridized carbons (Fsp3) is 0.250. The SMILES string of the molecule is CS(=O)(=O)CCNc1ccc2cc(Br)cc(Cl)c2n1. The Kier molecular flexibility index (Phi) is 4.32. The van der Waals surface area contributed by atoms with Gasteiger partial charge in [0.05, 0.1) is 16.3 Å². The van der Waals surface area contributed by atoms with Crippen molar-refractivity contribution in [2.75, 3.05) is 23.9 Å². The molecule has 7 heteroatoms. The molecule has 2 aromatic rings. The van der Waals surface area contributed by atoms with Crippen LogP contribution in [-0.4, -0.2) is 32.0 Å². The maximum absolute atomic E-state index is 11.0. The normalized spacial score (nSPS) is 11.7. The molecule has 0 saturated heterocycles. The summed E-state index contributed by atoms with van der Waals surface area (Å²) in [6.07, 6.45) is 1.21. The van der Waals surface area contributed by atoms with E-state index in [-0.39, 0.29) is 5.75 Å². The molecule has 0 aliphatic carbocycles. The summed E-state index contributed by atoms with van der Waals surface area (Å²) in [5.74, 6) is 0.682. The summed E-state index contributed by atoms with van der Waals surface area (Å²) in [6.45, 7) is 0.325. The summed E-state index contributed by atoms with van der Waals surface area (Å²) in [4.78, 5) is 4.38. The van der Waals surface area contributed by atoms with Gasteiger partial charge in [0.25, 0.3) is 0 Å². The minimum Gasteiger partial charge on any atom is -0.369 e. The van der Waals surface area contributed by atoms with Crippen molar-refractivity contribution in [1.29, 1.82) is 0 Å². The summed E-state index contributed by atoms with van der Waals surface area (Å²) in [5.41, 5.74) is 0.689. The molecule has 102 valence electrons. The number of hydrogen-bond acceptors (Lipinski definition) is 4. The smallest absolute Gasteiger partial charge is 0.149 e. The van der Waals surface area contributed by atoms with Crippen LogP contribution >= 0.6 is 27.5 Å². The van der Waals surface area contributed by atoms with Gasteiger partial charge in [-0.25, -0.2) is 13.4 Å². The molecule has 0 unspecified atom stereocenters. The van der Waals surface area contributed by atoms with Crippen molar-refractivity contribution in [2.24, 2.45) is 0 Å². The molecule has 1 aromatic heterocycles. The monoisotopic (exact) mass is 362 g/mol. The van der Waals surface area contributed by atoms with Gasteiger partial charge in [0.2, 0.25) is 0 Å². The second kappa shape index (κ2) is 5.64. The predicted molar refractivity (Wildman–Crippen MR) is 82.7 cm³/mol. The van der Waals surface area contributed by atoms with Gasteiger partial charge in [-0.15, -0.1) is 0 Å². The fourth-order valence-electron chi connectivity index (χ4n) is 1.62. The lowest BCUT2D eigenvalue weighted by Crippen LogP contribution is -2.14. The Morgan fingerprint density at radius 3 is 2.79 bits per heavy atom. The van der Waals surface area contributed by atoms with Gasteiger partial charge in [0, 0.05) is 22.7 Å². The molecule has 0 spiro atoms. The molecular weight excluding hydrogens is 352 g/mol. The molecule has 1 aromatic carbocycles. The summed E-state index contributed by atoms with van der Waals surface area (Å²) in [7, 11) is -2.97. The Morgan fingerprint density at radius 1 is 1.37 bits per heavy atom. The van der Waals surface area contributed by atoms with Crippen molar-refractivity contribution in [1.82, 2.24) is 4.98 Å². The number of sulfone groups is 1. The highest BCUT2D eigenvalue weighted by molar-refractivity contribution is 9.10. The number of anilines is 1. The Morgan fingerprint density at radius 2 is 2.11 bits per heavy atom. The molecule has 1 heterocycles. The van der Waals surface area contributed by atoms with E-state index in [4.69, 9.17) is 11.6 Å². The van der Waals surface area contributed by atoms with Gasteiger partial charge in [-0.3, -0.25) is 0 Å². The van der Waals surface area contributed by atoms with Crippen molar-refractivity contribution in [2.45, 2.75) is 0 Å². The van der Waals surface area contributed by atoms with Crippen molar-refractivity contribution in [3.05, 3.63) is 33.8 Å². The van der Waals surface area contributed by atoms with Crippen LogP contribution in [-0.2, 0) is 9.84 Å². The second-order valence-electron chi connectivity index (χ2n) is 4.21. The summed E-state index contributed by atoms with van der Waals surface area (Å²) >= 11 is 9.50. The third kappa shape index (κ3) is 4.06. The van der Waals surface area contributed by atoms with Crippen LogP contribution in [0.2, 0.25) is 5.02 Å². The van der Waals surface area contributed by atoms with Crippen LogP contribution in [0.15, 0.2) is 28.7 Å². The maximum Gasteiger partial charge on any atom is 0.149 e. The highest BCUT2D eigenvalue weighted by Crippen LogP contribution is 2.27. The van der Waals surface area contributed by atoms with E-state index in [1.807, 2.05) is 12.1 Å². The Bertz CT molecular complexity index is 719. The number of aromatic nitrogens is 1. The topological polar surface area (TPSA) is 59.1 Å². The van der Waals surface area contributed by atoms with Gasteiger partial charge in [0.1, 0.15) is 15.7 Å². The van der Waals surface area contributed by atoms with Crippen LogP contribution in [0.25, 0.3) is 10.9 Å². The van der Waals surface area contributed by atoms with Gasteiger partial charge in [-0.1, -0.05) is 27.5 Å². The van der Waals surface area contributed by atoms with E-state index in [1.165, 1.54) is 6.26 Å². The Hall–Kier alpha value is -0.850. The van der Waals surface area contributed by atoms with Crippen LogP contribution in [0.5, 0.6) is 0 Å². The minimum atomic E-state index is -2.97. The molecule has 4 nitrogen and oxygen atoms in total. The molecule has 2 rings (SSSR count). The minimum absolute atomic E-state index is 0.0702. The van der Waals surface area contributed by atoms with Gasteiger partial charge < -0.3 is 5.32 Å². The first-order valence-corrected chi connectivity index (χ1v) is 8.76. The van der Waals surface area contributed by atoms with Gasteiger partial charge in [-0.05, 0) is 24.3 Å². The molecule has 0 aliphatic rings. The quantitative estimate of drug-likeness (QED) is 0.907. The molecule has 0 radical (unpaired) electrons. The third-order valence-corrected chi connectivity index (χ3v) is 4.18. The van der Waals surface area contributed by atoms with E-state index < -0.39 is 9.84 Å². The number of hydrogen-bond donors (Lipinski definition) is 1. The Labute approximate surface area is 125 Å². The van der Waals surface area contributed by atoms with E-state index in [0.717, 1.165) is 9.86 Å². The molecule has 0 saturated carbocycles. The maximum atomic E-state index is 11.0. The second-order valence-corrected chi connectivity index (χ2v) is 7.80. The van der Waals surface area contributed by atoms with Crippen LogP contribution in [0.1, 0.15) is 0 Å². The van der Waals surface area contributed by atoms with Crippen LogP contribution < -0.4 is 5.32 Å². The van der Waals surface area contributed by atoms with E-state index in [9.17, 15) is 8.42 Å². The zero-order chi connectivity index (χ0) is 14.0. The molecule has 0 bridgehead atoms. The predicted octanol–water partition coefficient (Wildman–Crippen LogP) is 3.11. The van der Waals surface area contributed by atoms with E-state index >= 15 is 0 Å². The molecule has 0 atom stereocenters. The van der Waals surface area contributed by atoms with Gasteiger partial charge >= 0.3 is 0 Å². The molecule has 0 fully saturated rings. The lowest BCUT2D eigenvalue weighted by atomic mass is 10.2.